The highest BCUT2D eigenvalue weighted by Gasteiger charge is 2.29. The third-order valence-corrected chi connectivity index (χ3v) is 2.74. The lowest BCUT2D eigenvalue weighted by Gasteiger charge is -2.11. The minimum Gasteiger partial charge on any atom is -0.508 e. The summed E-state index contributed by atoms with van der Waals surface area (Å²) in [6, 6.07) is 6.51. The summed E-state index contributed by atoms with van der Waals surface area (Å²) < 4.78 is 0. The molecule has 3 N–H and O–H groups in total. The van der Waals surface area contributed by atoms with Crippen LogP contribution in [-0.2, 0) is 4.79 Å². The van der Waals surface area contributed by atoms with Crippen LogP contribution in [0.25, 0.3) is 0 Å². The summed E-state index contributed by atoms with van der Waals surface area (Å²) >= 11 is 0. The van der Waals surface area contributed by atoms with Gasteiger partial charge in [0.25, 0.3) is 0 Å². The molecule has 0 radical (unpaired) electrons. The highest BCUT2D eigenvalue weighted by atomic mass is 16.4. The van der Waals surface area contributed by atoms with E-state index in [0.29, 0.717) is 6.42 Å². The Morgan fingerprint density at radius 1 is 1.27 bits per heavy atom. The zero-order chi connectivity index (χ0) is 10.8. The molecule has 0 saturated carbocycles. The number of benzene rings is 1. The number of phenols is 1. The van der Waals surface area contributed by atoms with Gasteiger partial charge in [-0.2, -0.15) is 0 Å². The van der Waals surface area contributed by atoms with Gasteiger partial charge < -0.3 is 10.2 Å². The molecule has 80 valence electrons. The molecule has 1 saturated heterocycles. The zero-order valence-corrected chi connectivity index (χ0v) is 8.18. The number of aliphatic carboxylic acids is 1. The van der Waals surface area contributed by atoms with Crippen molar-refractivity contribution in [3.8, 4) is 5.75 Å². The predicted molar refractivity (Wildman–Crippen MR) is 54.6 cm³/mol. The molecule has 4 nitrogen and oxygen atoms in total. The number of rotatable bonds is 2. The summed E-state index contributed by atoms with van der Waals surface area (Å²) in [6.07, 6.45) is 1.47. The van der Waals surface area contributed by atoms with Gasteiger partial charge in [-0.1, -0.05) is 12.1 Å². The van der Waals surface area contributed by atoms with Gasteiger partial charge in [-0.3, -0.25) is 10.1 Å². The maximum atomic E-state index is 10.7. The molecular weight excluding hydrogens is 194 g/mol. The summed E-state index contributed by atoms with van der Waals surface area (Å²) in [5, 5.41) is 21.0. The van der Waals surface area contributed by atoms with Gasteiger partial charge in [0, 0.05) is 6.04 Å². The maximum absolute atomic E-state index is 10.7. The molecule has 1 aliphatic heterocycles. The molecule has 1 aromatic rings. The Hall–Kier alpha value is -1.55. The van der Waals surface area contributed by atoms with E-state index < -0.39 is 12.0 Å². The molecule has 2 rings (SSSR count). The Morgan fingerprint density at radius 3 is 2.47 bits per heavy atom. The number of carboxylic acid groups (broad SMARTS) is 1. The highest BCUT2D eigenvalue weighted by Crippen LogP contribution is 2.27. The molecule has 0 bridgehead atoms. The average Bonchev–Trinajstić information content (AvgIpc) is 2.68. The lowest BCUT2D eigenvalue weighted by Crippen LogP contribution is -2.31. The largest absolute Gasteiger partial charge is 0.508 e. The van der Waals surface area contributed by atoms with Gasteiger partial charge in [-0.05, 0) is 30.5 Å². The number of phenolic OH excluding ortho intramolecular Hbond substituents is 1. The second kappa shape index (κ2) is 3.90. The summed E-state index contributed by atoms with van der Waals surface area (Å²) in [7, 11) is 0. The first-order valence-electron chi connectivity index (χ1n) is 4.94. The average molecular weight is 207 g/mol. The van der Waals surface area contributed by atoms with Crippen LogP contribution in [0.5, 0.6) is 5.75 Å². The predicted octanol–water partition coefficient (Wildman–Crippen LogP) is 1.27. The topological polar surface area (TPSA) is 69.6 Å². The highest BCUT2D eigenvalue weighted by molar-refractivity contribution is 5.73. The van der Waals surface area contributed by atoms with Gasteiger partial charge in [0.1, 0.15) is 11.8 Å². The minimum absolute atomic E-state index is 0.0895. The fraction of sp³-hybridized carbons (Fsp3) is 0.364. The number of hydrogen-bond acceptors (Lipinski definition) is 3. The van der Waals surface area contributed by atoms with E-state index in [1.807, 2.05) is 12.1 Å². The Morgan fingerprint density at radius 2 is 1.93 bits per heavy atom. The van der Waals surface area contributed by atoms with E-state index in [0.717, 1.165) is 12.0 Å². The van der Waals surface area contributed by atoms with Crippen LogP contribution in [0, 0.1) is 0 Å². The fourth-order valence-corrected chi connectivity index (χ4v) is 1.91. The first-order chi connectivity index (χ1) is 7.16. The van der Waals surface area contributed by atoms with E-state index >= 15 is 0 Å². The van der Waals surface area contributed by atoms with E-state index in [1.165, 1.54) is 0 Å². The van der Waals surface area contributed by atoms with Crippen LogP contribution in [0.4, 0.5) is 0 Å². The van der Waals surface area contributed by atoms with Crippen molar-refractivity contribution in [2.75, 3.05) is 0 Å². The Balaban J connectivity index is 2.07. The van der Waals surface area contributed by atoms with Gasteiger partial charge in [0.05, 0.1) is 0 Å². The Labute approximate surface area is 87.6 Å². The Kier molecular flexibility index (Phi) is 2.60. The van der Waals surface area contributed by atoms with E-state index in [1.54, 1.807) is 12.1 Å². The van der Waals surface area contributed by atoms with Crippen molar-refractivity contribution in [2.24, 2.45) is 0 Å². The van der Waals surface area contributed by atoms with Crippen molar-refractivity contribution in [2.45, 2.75) is 24.9 Å². The molecule has 0 unspecified atom stereocenters. The molecular formula is C11H13NO3. The smallest absolute Gasteiger partial charge is 0.320 e. The van der Waals surface area contributed by atoms with Gasteiger partial charge in [-0.25, -0.2) is 0 Å². The van der Waals surface area contributed by atoms with Crippen LogP contribution in [0.1, 0.15) is 24.4 Å². The van der Waals surface area contributed by atoms with Gasteiger partial charge in [0.2, 0.25) is 0 Å². The standard InChI is InChI=1S/C11H13NO3/c13-8-3-1-7(2-4-8)9-5-6-10(12-9)11(14)15/h1-4,9-10,12-13H,5-6H2,(H,14,15)/t9-,10+/m0/s1. The minimum atomic E-state index is -0.795. The van der Waals surface area contributed by atoms with Crippen LogP contribution in [0.2, 0.25) is 0 Å². The summed E-state index contributed by atoms with van der Waals surface area (Å²) in [5.41, 5.74) is 1.02. The van der Waals surface area contributed by atoms with E-state index in [4.69, 9.17) is 10.2 Å². The van der Waals surface area contributed by atoms with Crippen molar-refractivity contribution < 1.29 is 15.0 Å². The third kappa shape index (κ3) is 2.10. The van der Waals surface area contributed by atoms with Crippen molar-refractivity contribution in [1.82, 2.24) is 5.32 Å². The monoisotopic (exact) mass is 207 g/mol. The third-order valence-electron chi connectivity index (χ3n) is 2.74. The van der Waals surface area contributed by atoms with Crippen LogP contribution < -0.4 is 5.32 Å². The number of hydrogen-bond donors (Lipinski definition) is 3. The molecule has 0 amide bonds. The van der Waals surface area contributed by atoms with E-state index in [9.17, 15) is 4.79 Å². The lowest BCUT2D eigenvalue weighted by atomic mass is 10.1. The molecule has 1 aromatic carbocycles. The van der Waals surface area contributed by atoms with Crippen molar-refractivity contribution in [3.63, 3.8) is 0 Å². The second-order valence-corrected chi connectivity index (χ2v) is 3.78. The molecule has 0 aromatic heterocycles. The summed E-state index contributed by atoms with van der Waals surface area (Å²) in [4.78, 5) is 10.7. The molecule has 0 spiro atoms. The zero-order valence-electron chi connectivity index (χ0n) is 8.18. The number of nitrogens with one attached hydrogen (secondary N) is 1. The van der Waals surface area contributed by atoms with E-state index in [2.05, 4.69) is 5.32 Å². The number of aromatic hydroxyl groups is 1. The van der Waals surface area contributed by atoms with Crippen LogP contribution in [-0.4, -0.2) is 22.2 Å². The van der Waals surface area contributed by atoms with Crippen LogP contribution in [0.3, 0.4) is 0 Å². The van der Waals surface area contributed by atoms with Gasteiger partial charge >= 0.3 is 5.97 Å². The summed E-state index contributed by atoms with van der Waals surface area (Å²) in [6.45, 7) is 0. The molecule has 15 heavy (non-hydrogen) atoms. The van der Waals surface area contributed by atoms with Gasteiger partial charge in [-0.15, -0.1) is 0 Å². The van der Waals surface area contributed by atoms with Crippen molar-refractivity contribution >= 4 is 5.97 Å². The van der Waals surface area contributed by atoms with Crippen LogP contribution >= 0.6 is 0 Å². The first kappa shape index (κ1) is 9.98. The molecule has 1 aliphatic rings. The number of carbonyl (C=O) groups is 1. The SMILES string of the molecule is O=C(O)[C@H]1CC[C@@H](c2ccc(O)cc2)N1. The fourth-order valence-electron chi connectivity index (χ4n) is 1.91. The van der Waals surface area contributed by atoms with Crippen LogP contribution in [0.15, 0.2) is 24.3 Å². The molecule has 4 heteroatoms. The van der Waals surface area contributed by atoms with E-state index in [-0.39, 0.29) is 11.8 Å². The Bertz CT molecular complexity index is 361. The van der Waals surface area contributed by atoms with Crippen molar-refractivity contribution in [1.29, 1.82) is 0 Å². The quantitative estimate of drug-likeness (QED) is 0.683. The molecule has 1 heterocycles. The van der Waals surface area contributed by atoms with Gasteiger partial charge in [0.15, 0.2) is 0 Å². The maximum Gasteiger partial charge on any atom is 0.320 e. The molecule has 0 aliphatic carbocycles. The van der Waals surface area contributed by atoms with Crippen molar-refractivity contribution in [3.05, 3.63) is 29.8 Å². The normalized spacial score (nSPS) is 25.3. The number of carboxylic acids is 1. The summed E-state index contributed by atoms with van der Waals surface area (Å²) in [5.74, 6) is -0.567. The molecule has 2 atom stereocenters. The molecule has 1 fully saturated rings. The first-order valence-corrected chi connectivity index (χ1v) is 4.94. The second-order valence-electron chi connectivity index (χ2n) is 3.78. The lowest BCUT2D eigenvalue weighted by molar-refractivity contribution is -0.139.